The van der Waals surface area contributed by atoms with Crippen molar-refractivity contribution >= 4 is 30.2 Å². The monoisotopic (exact) mass is 459 g/mol. The van der Waals surface area contributed by atoms with E-state index in [0.717, 1.165) is 5.69 Å². The second kappa shape index (κ2) is 10.0. The summed E-state index contributed by atoms with van der Waals surface area (Å²) in [6.45, 7) is 6.83. The summed E-state index contributed by atoms with van der Waals surface area (Å²) in [6, 6.07) is 30.9. The van der Waals surface area contributed by atoms with Gasteiger partial charge in [-0.2, -0.15) is 0 Å². The lowest BCUT2D eigenvalue weighted by Crippen LogP contribution is -2.68. The fourth-order valence-electron chi connectivity index (χ4n) is 4.76. The van der Waals surface area contributed by atoms with Crippen molar-refractivity contribution in [2.75, 3.05) is 5.48 Å². The number of anilines is 1. The normalized spacial score (nSPS) is 19.3. The Labute approximate surface area is 198 Å². The molecule has 4 rings (SSSR count). The van der Waals surface area contributed by atoms with Gasteiger partial charge in [0, 0.05) is 18.9 Å². The molecule has 0 saturated heterocycles. The SMILES string of the molecule is CC(C)(C)[Si](O[C@H]1CCC(=O)[C@H](ONc2ccccc2)C1)(c1ccccc1)c1ccccc1. The van der Waals surface area contributed by atoms with Crippen molar-refractivity contribution in [1.82, 2.24) is 0 Å². The predicted molar refractivity (Wildman–Crippen MR) is 136 cm³/mol. The number of ketones is 1. The smallest absolute Gasteiger partial charge is 0.261 e. The van der Waals surface area contributed by atoms with Gasteiger partial charge >= 0.3 is 0 Å². The molecular formula is C28H33NO3Si. The zero-order valence-corrected chi connectivity index (χ0v) is 20.7. The Morgan fingerprint density at radius 1 is 0.818 bits per heavy atom. The fraction of sp³-hybridized carbons (Fsp3) is 0.321. The summed E-state index contributed by atoms with van der Waals surface area (Å²) in [5, 5.41) is 2.40. The number of rotatable bonds is 7. The van der Waals surface area contributed by atoms with Crippen LogP contribution in [-0.2, 0) is 14.1 Å². The van der Waals surface area contributed by atoms with E-state index in [1.54, 1.807) is 0 Å². The van der Waals surface area contributed by atoms with Crippen molar-refractivity contribution in [3.63, 3.8) is 0 Å². The summed E-state index contributed by atoms with van der Waals surface area (Å²) in [6.07, 6.45) is 1.14. The standard InChI is InChI=1S/C28H33NO3Si/c1-28(2,3)33(24-15-9-5-10-16-24,25-17-11-6-12-18-25)32-23-19-20-26(30)27(21-23)31-29-22-13-7-4-8-14-22/h4-18,23,27,29H,19-21H2,1-3H3/t23-,27+/m0/s1. The largest absolute Gasteiger partial charge is 0.404 e. The zero-order chi connectivity index (χ0) is 23.3. The second-order valence-electron chi connectivity index (χ2n) is 9.72. The molecule has 2 atom stereocenters. The molecule has 172 valence electrons. The molecule has 0 spiro atoms. The van der Waals surface area contributed by atoms with Gasteiger partial charge in [-0.25, -0.2) is 0 Å². The van der Waals surface area contributed by atoms with Gasteiger partial charge < -0.3 is 4.43 Å². The zero-order valence-electron chi connectivity index (χ0n) is 19.7. The maximum Gasteiger partial charge on any atom is 0.261 e. The Kier molecular flexibility index (Phi) is 7.13. The van der Waals surface area contributed by atoms with Gasteiger partial charge in [-0.1, -0.05) is 99.6 Å². The average Bonchev–Trinajstić information content (AvgIpc) is 2.83. The van der Waals surface area contributed by atoms with Crippen molar-refractivity contribution < 1.29 is 14.1 Å². The van der Waals surface area contributed by atoms with Crippen LogP contribution in [0.15, 0.2) is 91.0 Å². The third kappa shape index (κ3) is 5.11. The number of nitrogens with one attached hydrogen (secondary N) is 1. The van der Waals surface area contributed by atoms with E-state index in [1.807, 2.05) is 30.3 Å². The highest BCUT2D eigenvalue weighted by atomic mass is 28.4. The Balaban J connectivity index is 1.63. The summed E-state index contributed by atoms with van der Waals surface area (Å²) >= 11 is 0. The van der Waals surface area contributed by atoms with Crippen LogP contribution in [0, 0.1) is 0 Å². The van der Waals surface area contributed by atoms with Crippen LogP contribution in [0.4, 0.5) is 5.69 Å². The summed E-state index contributed by atoms with van der Waals surface area (Å²) in [7, 11) is -2.66. The van der Waals surface area contributed by atoms with Gasteiger partial charge in [-0.05, 0) is 34.0 Å². The van der Waals surface area contributed by atoms with Crippen LogP contribution in [-0.4, -0.2) is 26.3 Å². The molecule has 1 N–H and O–H groups in total. The van der Waals surface area contributed by atoms with Gasteiger partial charge in [0.25, 0.3) is 8.32 Å². The molecule has 33 heavy (non-hydrogen) atoms. The van der Waals surface area contributed by atoms with Crippen LogP contribution in [0.3, 0.4) is 0 Å². The van der Waals surface area contributed by atoms with Gasteiger partial charge in [-0.15, -0.1) is 0 Å². The van der Waals surface area contributed by atoms with Crippen LogP contribution in [0.25, 0.3) is 0 Å². The second-order valence-corrected chi connectivity index (χ2v) is 14.0. The van der Waals surface area contributed by atoms with E-state index >= 15 is 0 Å². The van der Waals surface area contributed by atoms with Crippen LogP contribution in [0.2, 0.25) is 5.04 Å². The number of carbonyl (C=O) groups excluding carboxylic acids is 1. The molecule has 1 fully saturated rings. The molecule has 0 unspecified atom stereocenters. The van der Waals surface area contributed by atoms with Crippen LogP contribution in [0.5, 0.6) is 0 Å². The molecule has 3 aromatic rings. The molecule has 0 aromatic heterocycles. The topological polar surface area (TPSA) is 47.6 Å². The highest BCUT2D eigenvalue weighted by Gasteiger charge is 2.52. The third-order valence-electron chi connectivity index (χ3n) is 6.40. The lowest BCUT2D eigenvalue weighted by atomic mass is 9.94. The number of carbonyl (C=O) groups is 1. The summed E-state index contributed by atoms with van der Waals surface area (Å²) in [5.41, 5.74) is 3.79. The minimum Gasteiger partial charge on any atom is -0.404 e. The molecule has 3 aromatic carbocycles. The number of para-hydroxylation sites is 1. The van der Waals surface area contributed by atoms with Crippen molar-refractivity contribution in [3.8, 4) is 0 Å². The first-order valence-corrected chi connectivity index (χ1v) is 13.6. The van der Waals surface area contributed by atoms with E-state index in [2.05, 4.69) is 86.9 Å². The lowest BCUT2D eigenvalue weighted by molar-refractivity contribution is -0.134. The Morgan fingerprint density at radius 2 is 1.33 bits per heavy atom. The van der Waals surface area contributed by atoms with E-state index in [4.69, 9.17) is 9.26 Å². The highest BCUT2D eigenvalue weighted by molar-refractivity contribution is 6.99. The Hall–Kier alpha value is -2.73. The van der Waals surface area contributed by atoms with Crippen molar-refractivity contribution in [1.29, 1.82) is 0 Å². The molecule has 5 heteroatoms. The van der Waals surface area contributed by atoms with E-state index in [-0.39, 0.29) is 16.9 Å². The Morgan fingerprint density at radius 3 is 1.85 bits per heavy atom. The minimum absolute atomic E-state index is 0.0587. The summed E-state index contributed by atoms with van der Waals surface area (Å²) in [4.78, 5) is 18.5. The third-order valence-corrected chi connectivity index (χ3v) is 11.5. The average molecular weight is 460 g/mol. The first kappa shape index (κ1) is 23.4. The van der Waals surface area contributed by atoms with E-state index < -0.39 is 14.4 Å². The first-order valence-electron chi connectivity index (χ1n) is 11.7. The molecule has 1 aliphatic carbocycles. The molecule has 1 aliphatic rings. The van der Waals surface area contributed by atoms with Crippen molar-refractivity contribution in [2.24, 2.45) is 0 Å². The van der Waals surface area contributed by atoms with Crippen LogP contribution in [0.1, 0.15) is 40.0 Å². The number of hydrogen-bond acceptors (Lipinski definition) is 4. The minimum atomic E-state index is -2.66. The van der Waals surface area contributed by atoms with E-state index in [0.29, 0.717) is 19.3 Å². The molecule has 0 amide bonds. The summed E-state index contributed by atoms with van der Waals surface area (Å²) < 4.78 is 7.23. The van der Waals surface area contributed by atoms with Crippen LogP contribution < -0.4 is 15.9 Å². The van der Waals surface area contributed by atoms with Crippen molar-refractivity contribution in [3.05, 3.63) is 91.0 Å². The number of benzene rings is 3. The first-order chi connectivity index (χ1) is 15.9. The molecule has 4 nitrogen and oxygen atoms in total. The van der Waals surface area contributed by atoms with Gasteiger partial charge in [0.05, 0.1) is 5.69 Å². The Bertz CT molecular complexity index is 996. The predicted octanol–water partition coefficient (Wildman–Crippen LogP) is 5.10. The van der Waals surface area contributed by atoms with Gasteiger partial charge in [-0.3, -0.25) is 15.1 Å². The maximum atomic E-state index is 12.7. The van der Waals surface area contributed by atoms with Gasteiger partial charge in [0.15, 0.2) is 5.78 Å². The van der Waals surface area contributed by atoms with Crippen molar-refractivity contribution in [2.45, 2.75) is 57.3 Å². The molecule has 1 saturated carbocycles. The number of Topliss-reactive ketones (excluding diaryl/α,β-unsaturated/α-hetero) is 1. The molecule has 0 bridgehead atoms. The molecule has 0 aliphatic heterocycles. The quantitative estimate of drug-likeness (QED) is 0.395. The van der Waals surface area contributed by atoms with Gasteiger partial charge in [0.1, 0.15) is 6.10 Å². The maximum absolute atomic E-state index is 12.7. The van der Waals surface area contributed by atoms with E-state index in [1.165, 1.54) is 10.4 Å². The van der Waals surface area contributed by atoms with Crippen LogP contribution >= 0.6 is 0 Å². The molecular weight excluding hydrogens is 426 g/mol. The molecule has 0 radical (unpaired) electrons. The molecule has 0 heterocycles. The summed E-state index contributed by atoms with van der Waals surface area (Å²) in [5.74, 6) is 0.126. The van der Waals surface area contributed by atoms with Gasteiger partial charge in [0.2, 0.25) is 0 Å². The van der Waals surface area contributed by atoms with E-state index in [9.17, 15) is 4.79 Å². The fourth-order valence-corrected chi connectivity index (χ4v) is 9.49. The number of hydrogen-bond donors (Lipinski definition) is 1. The lowest BCUT2D eigenvalue weighted by Gasteiger charge is -2.46. The highest BCUT2D eigenvalue weighted by Crippen LogP contribution is 2.39.